The number of hydrogen-bond acceptors (Lipinski definition) is 7. The summed E-state index contributed by atoms with van der Waals surface area (Å²) in [7, 11) is 0. The number of rotatable bonds is 10. The molecule has 0 atom stereocenters. The van der Waals surface area contributed by atoms with E-state index in [1.165, 1.54) is 38.1 Å². The van der Waals surface area contributed by atoms with Gasteiger partial charge in [-0.15, -0.1) is 0 Å². The van der Waals surface area contributed by atoms with E-state index in [-0.39, 0.29) is 5.56 Å². The Morgan fingerprint density at radius 2 is 1.64 bits per heavy atom. The van der Waals surface area contributed by atoms with E-state index in [2.05, 4.69) is 30.8 Å². The molecule has 3 aromatic carbocycles. The van der Waals surface area contributed by atoms with Crippen LogP contribution in [0.2, 0.25) is 0 Å². The average molecular weight is 621 g/mol. The van der Waals surface area contributed by atoms with Gasteiger partial charge in [0.2, 0.25) is 12.4 Å². The summed E-state index contributed by atoms with van der Waals surface area (Å²) < 4.78 is 43.7. The maximum atomic E-state index is 12.6. The lowest BCUT2D eigenvalue weighted by molar-refractivity contribution is -0.137. The predicted molar refractivity (Wildman–Crippen MR) is 168 cm³/mol. The highest BCUT2D eigenvalue weighted by Gasteiger charge is 2.30. The number of amides is 2. The van der Waals surface area contributed by atoms with Gasteiger partial charge in [0, 0.05) is 29.5 Å². The zero-order valence-corrected chi connectivity index (χ0v) is 25.0. The number of ether oxygens (including phenoxy) is 1. The molecule has 1 saturated heterocycles. The van der Waals surface area contributed by atoms with Crippen molar-refractivity contribution < 1.29 is 27.5 Å². The third-order valence-corrected chi connectivity index (χ3v) is 7.06. The average Bonchev–Trinajstić information content (AvgIpc) is 3.54. The van der Waals surface area contributed by atoms with Crippen molar-refractivity contribution in [3.05, 3.63) is 101 Å². The largest absolute Gasteiger partial charge is 0.492 e. The minimum absolute atomic E-state index is 0.0250. The van der Waals surface area contributed by atoms with Crippen LogP contribution < -0.4 is 20.7 Å². The number of carbonyl (C=O) groups excluding carboxylic acids is 2. The topological polar surface area (TPSA) is 108 Å². The fraction of sp³-hybridized carbons (Fsp3) is 0.273. The summed E-state index contributed by atoms with van der Waals surface area (Å²) in [5.74, 6) is 0.712. The lowest BCUT2D eigenvalue weighted by atomic mass is 10.1. The standard InChI is InChI=1S/C17H21N5O2.C16H14F3NO/c23-13-20-15-11-18-17(19-12-15)21-14-4-3-5-16(10-14)24-9-8-22-6-1-2-7-22;1-10-6-7-14(8-11(10)2)20-15(21)12-4-3-5-13(9-12)16(17,18)19/h3-5,10-13H,1-2,6-9H2,(H,20,23)(H,18,19,21);3-9H,1-2H3,(H,20,21). The van der Waals surface area contributed by atoms with Crippen molar-refractivity contribution in [2.24, 2.45) is 0 Å². The Bertz CT molecular complexity index is 1570. The van der Waals surface area contributed by atoms with E-state index in [1.807, 2.05) is 44.2 Å². The van der Waals surface area contributed by atoms with Gasteiger partial charge in [0.1, 0.15) is 12.4 Å². The fourth-order valence-corrected chi connectivity index (χ4v) is 4.49. The molecule has 236 valence electrons. The van der Waals surface area contributed by atoms with Crippen molar-refractivity contribution in [3.63, 3.8) is 0 Å². The summed E-state index contributed by atoms with van der Waals surface area (Å²) >= 11 is 0. The van der Waals surface area contributed by atoms with Crippen LogP contribution in [0.4, 0.5) is 36.2 Å². The lowest BCUT2D eigenvalue weighted by Crippen LogP contribution is -2.25. The smallest absolute Gasteiger partial charge is 0.416 e. The quantitative estimate of drug-likeness (QED) is 0.167. The second-order valence-corrected chi connectivity index (χ2v) is 10.4. The molecule has 0 aliphatic carbocycles. The Labute approximate surface area is 259 Å². The van der Waals surface area contributed by atoms with E-state index in [4.69, 9.17) is 4.74 Å². The third-order valence-electron chi connectivity index (χ3n) is 7.06. The molecule has 0 saturated carbocycles. The van der Waals surface area contributed by atoms with Crippen LogP contribution in [0.25, 0.3) is 0 Å². The zero-order chi connectivity index (χ0) is 32.2. The number of benzene rings is 3. The summed E-state index contributed by atoms with van der Waals surface area (Å²) in [6, 6.07) is 17.4. The molecule has 1 aliphatic heterocycles. The number of halogens is 3. The first-order chi connectivity index (χ1) is 21.6. The van der Waals surface area contributed by atoms with E-state index in [9.17, 15) is 22.8 Å². The van der Waals surface area contributed by atoms with Crippen LogP contribution >= 0.6 is 0 Å². The molecule has 3 N–H and O–H groups in total. The highest BCUT2D eigenvalue weighted by atomic mass is 19.4. The Hall–Kier alpha value is -4.97. The maximum absolute atomic E-state index is 12.6. The minimum atomic E-state index is -4.46. The molecule has 5 rings (SSSR count). The molecule has 0 unspecified atom stereocenters. The van der Waals surface area contributed by atoms with Crippen molar-refractivity contribution in [1.29, 1.82) is 0 Å². The van der Waals surface area contributed by atoms with Gasteiger partial charge in [-0.1, -0.05) is 18.2 Å². The van der Waals surface area contributed by atoms with Crippen LogP contribution in [0.3, 0.4) is 0 Å². The number of hydrogen-bond donors (Lipinski definition) is 3. The number of likely N-dealkylation sites (tertiary alicyclic amines) is 1. The number of carbonyl (C=O) groups is 2. The first-order valence-corrected chi connectivity index (χ1v) is 14.4. The molecule has 1 fully saturated rings. The van der Waals surface area contributed by atoms with Gasteiger partial charge in [-0.3, -0.25) is 14.5 Å². The number of anilines is 4. The summed E-state index contributed by atoms with van der Waals surface area (Å²) in [5, 5.41) is 8.21. The molecule has 1 aliphatic rings. The maximum Gasteiger partial charge on any atom is 0.416 e. The van der Waals surface area contributed by atoms with E-state index >= 15 is 0 Å². The Balaban J connectivity index is 0.000000207. The lowest BCUT2D eigenvalue weighted by Gasteiger charge is -2.15. The van der Waals surface area contributed by atoms with Crippen molar-refractivity contribution in [3.8, 4) is 5.75 Å². The number of alkyl halides is 3. The van der Waals surface area contributed by atoms with E-state index in [0.717, 1.165) is 41.2 Å². The summed E-state index contributed by atoms with van der Waals surface area (Å²) in [5.41, 5.74) is 3.17. The third kappa shape index (κ3) is 10.3. The summed E-state index contributed by atoms with van der Waals surface area (Å²) in [4.78, 5) is 33.1. The van der Waals surface area contributed by atoms with Crippen LogP contribution in [0, 0.1) is 13.8 Å². The van der Waals surface area contributed by atoms with Gasteiger partial charge in [0.15, 0.2) is 0 Å². The van der Waals surface area contributed by atoms with Crippen LogP contribution in [-0.4, -0.2) is 53.4 Å². The molecule has 9 nitrogen and oxygen atoms in total. The van der Waals surface area contributed by atoms with Crippen LogP contribution in [0.1, 0.15) is 39.9 Å². The van der Waals surface area contributed by atoms with Crippen molar-refractivity contribution >= 4 is 35.3 Å². The molecule has 45 heavy (non-hydrogen) atoms. The van der Waals surface area contributed by atoms with E-state index < -0.39 is 17.6 Å². The Morgan fingerprint density at radius 1 is 0.911 bits per heavy atom. The fourth-order valence-electron chi connectivity index (χ4n) is 4.49. The van der Waals surface area contributed by atoms with Crippen molar-refractivity contribution in [2.45, 2.75) is 32.9 Å². The minimum Gasteiger partial charge on any atom is -0.492 e. The van der Waals surface area contributed by atoms with Gasteiger partial charge in [0.25, 0.3) is 5.91 Å². The van der Waals surface area contributed by atoms with E-state index in [0.29, 0.717) is 30.3 Å². The molecule has 12 heteroatoms. The van der Waals surface area contributed by atoms with Gasteiger partial charge < -0.3 is 20.7 Å². The van der Waals surface area contributed by atoms with Gasteiger partial charge >= 0.3 is 6.18 Å². The highest BCUT2D eigenvalue weighted by Crippen LogP contribution is 2.29. The monoisotopic (exact) mass is 620 g/mol. The number of aryl methyl sites for hydroxylation is 2. The van der Waals surface area contributed by atoms with Crippen LogP contribution in [0.15, 0.2) is 79.1 Å². The number of aromatic nitrogens is 2. The van der Waals surface area contributed by atoms with Gasteiger partial charge in [-0.25, -0.2) is 9.97 Å². The number of nitrogens with one attached hydrogen (secondary N) is 3. The molecule has 4 aromatic rings. The second kappa shape index (κ2) is 15.7. The molecule has 2 amide bonds. The SMILES string of the molecule is Cc1ccc(NC(=O)c2cccc(C(F)(F)F)c2)cc1C.O=CNc1cnc(Nc2cccc(OCCN3CCCC3)c2)nc1. The first kappa shape index (κ1) is 32.9. The Morgan fingerprint density at radius 3 is 2.33 bits per heavy atom. The molecule has 2 heterocycles. The predicted octanol–water partition coefficient (Wildman–Crippen LogP) is 6.84. The second-order valence-electron chi connectivity index (χ2n) is 10.4. The van der Waals surface area contributed by atoms with Crippen molar-refractivity contribution in [2.75, 3.05) is 42.2 Å². The molecular formula is C33H35F3N6O3. The molecule has 0 spiro atoms. The van der Waals surface area contributed by atoms with Crippen molar-refractivity contribution in [1.82, 2.24) is 14.9 Å². The first-order valence-electron chi connectivity index (χ1n) is 14.4. The Kier molecular flexibility index (Phi) is 11.5. The summed E-state index contributed by atoms with van der Waals surface area (Å²) in [6.45, 7) is 7.84. The van der Waals surface area contributed by atoms with Crippen LogP contribution in [0.5, 0.6) is 5.75 Å². The highest BCUT2D eigenvalue weighted by molar-refractivity contribution is 6.04. The zero-order valence-electron chi connectivity index (χ0n) is 25.0. The van der Waals surface area contributed by atoms with E-state index in [1.54, 1.807) is 24.5 Å². The van der Waals surface area contributed by atoms with Gasteiger partial charge in [-0.2, -0.15) is 13.2 Å². The molecule has 0 bridgehead atoms. The van der Waals surface area contributed by atoms with Gasteiger partial charge in [-0.05, 0) is 93.4 Å². The van der Waals surface area contributed by atoms with Crippen LogP contribution in [-0.2, 0) is 11.0 Å². The van der Waals surface area contributed by atoms with Gasteiger partial charge in [0.05, 0.1) is 23.6 Å². The molecular weight excluding hydrogens is 585 g/mol. The summed E-state index contributed by atoms with van der Waals surface area (Å²) in [6.07, 6.45) is 1.80. The molecule has 1 aromatic heterocycles. The number of nitrogens with zero attached hydrogens (tertiary/aromatic N) is 3. The molecule has 0 radical (unpaired) electrons. The normalized spacial score (nSPS) is 12.9.